The highest BCUT2D eigenvalue weighted by molar-refractivity contribution is 5.94. The van der Waals surface area contributed by atoms with Crippen molar-refractivity contribution in [2.45, 2.75) is 32.0 Å². The fraction of sp³-hybridized carbons (Fsp3) is 0.667. The molecule has 0 saturated heterocycles. The van der Waals surface area contributed by atoms with Crippen molar-refractivity contribution in [3.63, 3.8) is 0 Å². The molecule has 0 aliphatic heterocycles. The molecule has 0 aromatic rings. The third kappa shape index (κ3) is 8.75. The number of hydrogen-bond donors (Lipinski definition) is 8. The Balaban J connectivity index is 4.77. The second kappa shape index (κ2) is 12.6. The molecule has 0 aromatic heterocycles. The molecule has 0 aliphatic rings. The number of aliphatic hydroxyl groups excluding tert-OH is 2. The molecule has 0 spiro atoms. The molecule has 3 atom stereocenters. The third-order valence-electron chi connectivity index (χ3n) is 3.51. The van der Waals surface area contributed by atoms with Gasteiger partial charge in [-0.2, -0.15) is 0 Å². The van der Waals surface area contributed by atoms with Crippen LogP contribution in [-0.4, -0.2) is 89.3 Å². The number of rotatable bonds is 12. The van der Waals surface area contributed by atoms with Crippen LogP contribution in [0.3, 0.4) is 0 Å². The van der Waals surface area contributed by atoms with Gasteiger partial charge in [0.25, 0.3) is 0 Å². The number of carbonyl (C=O) groups excluding carboxylic acids is 4. The highest BCUT2D eigenvalue weighted by Gasteiger charge is 2.28. The van der Waals surface area contributed by atoms with E-state index in [-0.39, 0.29) is 12.5 Å². The lowest BCUT2D eigenvalue weighted by atomic mass is 10.0. The zero-order chi connectivity index (χ0) is 21.9. The van der Waals surface area contributed by atoms with Gasteiger partial charge < -0.3 is 42.3 Å². The van der Waals surface area contributed by atoms with Gasteiger partial charge in [0, 0.05) is 0 Å². The molecule has 0 rings (SSSR count). The first kappa shape index (κ1) is 25.2. The summed E-state index contributed by atoms with van der Waals surface area (Å²) in [6, 6.07) is -3.94. The molecule has 13 heteroatoms. The summed E-state index contributed by atoms with van der Waals surface area (Å²) >= 11 is 0. The van der Waals surface area contributed by atoms with Crippen LogP contribution in [0.1, 0.15) is 13.8 Å². The van der Waals surface area contributed by atoms with Crippen molar-refractivity contribution in [2.24, 2.45) is 11.7 Å². The molecule has 160 valence electrons. The number of amides is 4. The van der Waals surface area contributed by atoms with Crippen LogP contribution in [0.2, 0.25) is 0 Å². The van der Waals surface area contributed by atoms with Crippen molar-refractivity contribution < 1.29 is 39.3 Å². The Morgan fingerprint density at radius 2 is 1.43 bits per heavy atom. The van der Waals surface area contributed by atoms with Gasteiger partial charge in [0.15, 0.2) is 0 Å². The summed E-state index contributed by atoms with van der Waals surface area (Å²) in [5.41, 5.74) is 5.19. The van der Waals surface area contributed by atoms with Gasteiger partial charge in [-0.1, -0.05) is 13.8 Å². The summed E-state index contributed by atoms with van der Waals surface area (Å²) < 4.78 is 0. The molecule has 0 heterocycles. The molecular weight excluding hydrogens is 378 g/mol. The highest BCUT2D eigenvalue weighted by atomic mass is 16.4. The molecule has 0 aliphatic carbocycles. The number of carbonyl (C=O) groups is 5. The molecule has 0 aromatic carbocycles. The largest absolute Gasteiger partial charge is 0.480 e. The van der Waals surface area contributed by atoms with Crippen LogP contribution >= 0.6 is 0 Å². The van der Waals surface area contributed by atoms with Crippen molar-refractivity contribution in [3.05, 3.63) is 0 Å². The van der Waals surface area contributed by atoms with Crippen LogP contribution in [0.25, 0.3) is 0 Å². The first-order valence-electron chi connectivity index (χ1n) is 8.38. The molecule has 13 nitrogen and oxygen atoms in total. The summed E-state index contributed by atoms with van der Waals surface area (Å²) in [5, 5.41) is 35.6. The Morgan fingerprint density at radius 1 is 0.857 bits per heavy atom. The Morgan fingerprint density at radius 3 is 1.86 bits per heavy atom. The monoisotopic (exact) mass is 405 g/mol. The van der Waals surface area contributed by atoms with Gasteiger partial charge in [0.05, 0.1) is 26.3 Å². The zero-order valence-electron chi connectivity index (χ0n) is 15.6. The lowest BCUT2D eigenvalue weighted by molar-refractivity contribution is -0.142. The number of carboxylic acid groups (broad SMARTS) is 1. The fourth-order valence-corrected chi connectivity index (χ4v) is 1.94. The van der Waals surface area contributed by atoms with Gasteiger partial charge in [-0.3, -0.25) is 19.2 Å². The van der Waals surface area contributed by atoms with Crippen molar-refractivity contribution in [3.8, 4) is 0 Å². The van der Waals surface area contributed by atoms with Crippen molar-refractivity contribution >= 4 is 29.6 Å². The molecule has 0 fully saturated rings. The van der Waals surface area contributed by atoms with E-state index in [9.17, 15) is 29.1 Å². The van der Waals surface area contributed by atoms with Crippen LogP contribution in [0.4, 0.5) is 0 Å². The molecule has 0 saturated carbocycles. The second-order valence-corrected chi connectivity index (χ2v) is 6.10. The minimum absolute atomic E-state index is 0.333. The second-order valence-electron chi connectivity index (χ2n) is 6.10. The Kier molecular flexibility index (Phi) is 11.3. The van der Waals surface area contributed by atoms with Crippen LogP contribution in [0, 0.1) is 5.92 Å². The molecular formula is C15H27N5O8. The van der Waals surface area contributed by atoms with Gasteiger partial charge >= 0.3 is 5.97 Å². The normalized spacial score (nSPS) is 13.8. The van der Waals surface area contributed by atoms with E-state index in [4.69, 9.17) is 15.9 Å². The quantitative estimate of drug-likeness (QED) is 0.156. The predicted octanol–water partition coefficient (Wildman–Crippen LogP) is -4.76. The summed E-state index contributed by atoms with van der Waals surface area (Å²) in [7, 11) is 0. The number of hydrogen-bond acceptors (Lipinski definition) is 8. The Bertz CT molecular complexity index is 583. The molecule has 28 heavy (non-hydrogen) atoms. The average molecular weight is 405 g/mol. The van der Waals surface area contributed by atoms with E-state index in [2.05, 4.69) is 16.0 Å². The lowest BCUT2D eigenvalue weighted by Crippen LogP contribution is -2.57. The third-order valence-corrected chi connectivity index (χ3v) is 3.51. The molecule has 9 N–H and O–H groups in total. The highest BCUT2D eigenvalue weighted by Crippen LogP contribution is 2.02. The van der Waals surface area contributed by atoms with E-state index in [1.54, 1.807) is 13.8 Å². The smallest absolute Gasteiger partial charge is 0.328 e. The van der Waals surface area contributed by atoms with E-state index in [0.717, 1.165) is 0 Å². The maximum Gasteiger partial charge on any atom is 0.328 e. The van der Waals surface area contributed by atoms with E-state index in [1.165, 1.54) is 0 Å². The molecule has 4 amide bonds. The SMILES string of the molecule is CC(C)[C@H](NC(=O)CN)C(=O)N[C@@H](CO)C(=O)NCC(=O)N[C@@H](CO)C(=O)O. The number of nitrogens with one attached hydrogen (secondary N) is 4. The zero-order valence-corrected chi connectivity index (χ0v) is 15.6. The number of aliphatic carboxylic acids is 1. The summed E-state index contributed by atoms with van der Waals surface area (Å²) in [6.07, 6.45) is 0. The van der Waals surface area contributed by atoms with E-state index in [1.807, 2.05) is 5.32 Å². The Labute approximate surface area is 161 Å². The number of carboxylic acids is 1. The first-order valence-corrected chi connectivity index (χ1v) is 8.38. The van der Waals surface area contributed by atoms with E-state index < -0.39 is 67.5 Å². The maximum atomic E-state index is 12.3. The molecule has 0 bridgehead atoms. The van der Waals surface area contributed by atoms with Gasteiger partial charge in [0.1, 0.15) is 18.1 Å². The van der Waals surface area contributed by atoms with E-state index in [0.29, 0.717) is 0 Å². The van der Waals surface area contributed by atoms with Gasteiger partial charge in [-0.15, -0.1) is 0 Å². The molecule has 0 unspecified atom stereocenters. The van der Waals surface area contributed by atoms with Gasteiger partial charge in [-0.05, 0) is 5.92 Å². The van der Waals surface area contributed by atoms with Crippen LogP contribution in [-0.2, 0) is 24.0 Å². The summed E-state index contributed by atoms with van der Waals surface area (Å²) in [5.74, 6) is -4.91. The number of aliphatic hydroxyl groups is 2. The minimum atomic E-state index is -1.53. The van der Waals surface area contributed by atoms with E-state index >= 15 is 0 Å². The van der Waals surface area contributed by atoms with Crippen molar-refractivity contribution in [1.29, 1.82) is 0 Å². The van der Waals surface area contributed by atoms with Crippen molar-refractivity contribution in [2.75, 3.05) is 26.3 Å². The first-order chi connectivity index (χ1) is 13.1. The molecule has 0 radical (unpaired) electrons. The Hall–Kier alpha value is -2.77. The minimum Gasteiger partial charge on any atom is -0.480 e. The van der Waals surface area contributed by atoms with Crippen LogP contribution < -0.4 is 27.0 Å². The topological polar surface area (TPSA) is 220 Å². The van der Waals surface area contributed by atoms with Crippen molar-refractivity contribution in [1.82, 2.24) is 21.3 Å². The predicted molar refractivity (Wildman–Crippen MR) is 94.5 cm³/mol. The van der Waals surface area contributed by atoms with Crippen LogP contribution in [0.5, 0.6) is 0 Å². The van der Waals surface area contributed by atoms with Crippen LogP contribution in [0.15, 0.2) is 0 Å². The standard InChI is InChI=1S/C15H27N5O8/c1-7(2)12(20-10(23)3-16)14(26)19-8(5-21)13(25)17-4-11(24)18-9(6-22)15(27)28/h7-9,12,21-22H,3-6,16H2,1-2H3,(H,17,25)(H,18,24)(H,19,26)(H,20,23)(H,27,28)/t8-,9-,12-/m0/s1. The lowest BCUT2D eigenvalue weighted by Gasteiger charge is -2.24. The number of nitrogens with two attached hydrogens (primary N) is 1. The fourth-order valence-electron chi connectivity index (χ4n) is 1.94. The summed E-state index contributed by atoms with van der Waals surface area (Å²) in [4.78, 5) is 58.0. The summed E-state index contributed by atoms with van der Waals surface area (Å²) in [6.45, 7) is 0.699. The maximum absolute atomic E-state index is 12.3. The average Bonchev–Trinajstić information content (AvgIpc) is 2.65. The van der Waals surface area contributed by atoms with Gasteiger partial charge in [-0.25, -0.2) is 4.79 Å². The van der Waals surface area contributed by atoms with Gasteiger partial charge in [0.2, 0.25) is 23.6 Å².